The predicted molar refractivity (Wildman–Crippen MR) is 65.8 cm³/mol. The molecule has 1 amide bonds. The summed E-state index contributed by atoms with van der Waals surface area (Å²) in [4.78, 5) is 23.8. The van der Waals surface area contributed by atoms with Gasteiger partial charge in [0.1, 0.15) is 0 Å². The number of hydrogen-bond acceptors (Lipinski definition) is 4. The Labute approximate surface area is 105 Å². The second kappa shape index (κ2) is 4.73. The van der Waals surface area contributed by atoms with Crippen molar-refractivity contribution in [1.82, 2.24) is 4.90 Å². The lowest BCUT2D eigenvalue weighted by Gasteiger charge is -2.37. The Hall–Kier alpha value is -1.95. The van der Waals surface area contributed by atoms with Gasteiger partial charge >= 0.3 is 0 Å². The lowest BCUT2D eigenvalue weighted by molar-refractivity contribution is -0.386. The summed E-state index contributed by atoms with van der Waals surface area (Å²) in [6.07, 6.45) is 0.953. The summed E-state index contributed by atoms with van der Waals surface area (Å²) in [5.41, 5.74) is 6.53. The minimum atomic E-state index is -0.436. The molecular weight excluding hydrogens is 234 g/mol. The van der Waals surface area contributed by atoms with Crippen molar-refractivity contribution in [1.29, 1.82) is 0 Å². The minimum absolute atomic E-state index is 0.0134. The van der Waals surface area contributed by atoms with E-state index >= 15 is 0 Å². The first-order chi connectivity index (χ1) is 8.52. The molecule has 0 bridgehead atoms. The summed E-state index contributed by atoms with van der Waals surface area (Å²) in [6, 6.07) is 5.74. The standard InChI is InChI=1S/C12H15N3O3/c1-14-11(16)7-6-9(13)12(14)8-4-2-3-5-10(8)15(17)18/h2-5,9,12H,6-7,13H2,1H3. The van der Waals surface area contributed by atoms with Crippen molar-refractivity contribution in [2.45, 2.75) is 24.9 Å². The maximum atomic E-state index is 11.7. The molecule has 1 aromatic carbocycles. The third-order valence-corrected chi connectivity index (χ3v) is 3.36. The van der Waals surface area contributed by atoms with Crippen LogP contribution in [0.3, 0.4) is 0 Å². The van der Waals surface area contributed by atoms with Gasteiger partial charge in [-0.1, -0.05) is 18.2 Å². The zero-order chi connectivity index (χ0) is 13.3. The van der Waals surface area contributed by atoms with Crippen molar-refractivity contribution in [3.63, 3.8) is 0 Å². The van der Waals surface area contributed by atoms with Gasteiger partial charge in [-0.2, -0.15) is 0 Å². The molecule has 0 aliphatic carbocycles. The number of amides is 1. The Bertz CT molecular complexity index is 489. The van der Waals surface area contributed by atoms with Crippen molar-refractivity contribution in [2.75, 3.05) is 7.05 Å². The number of carbonyl (C=O) groups is 1. The van der Waals surface area contributed by atoms with E-state index in [1.54, 1.807) is 25.2 Å². The quantitative estimate of drug-likeness (QED) is 0.630. The summed E-state index contributed by atoms with van der Waals surface area (Å²) in [7, 11) is 1.64. The fourth-order valence-electron chi connectivity index (χ4n) is 2.41. The van der Waals surface area contributed by atoms with Crippen LogP contribution in [0.2, 0.25) is 0 Å². The van der Waals surface area contributed by atoms with Crippen LogP contribution in [-0.2, 0) is 4.79 Å². The summed E-state index contributed by atoms with van der Waals surface area (Å²) in [5.74, 6) is -0.0279. The Kier molecular flexibility index (Phi) is 3.29. The SMILES string of the molecule is CN1C(=O)CCC(N)C1c1ccccc1[N+](=O)[O-]. The smallest absolute Gasteiger partial charge is 0.274 e. The molecule has 6 heteroatoms. The first-order valence-electron chi connectivity index (χ1n) is 5.77. The molecule has 2 rings (SSSR count). The van der Waals surface area contributed by atoms with Crippen LogP contribution in [0, 0.1) is 10.1 Å². The fourth-order valence-corrected chi connectivity index (χ4v) is 2.41. The number of para-hydroxylation sites is 1. The van der Waals surface area contributed by atoms with Crippen LogP contribution in [0.1, 0.15) is 24.4 Å². The number of nitrogens with two attached hydrogens (primary N) is 1. The number of likely N-dealkylation sites (N-methyl/N-ethyl adjacent to an activating group) is 1. The Balaban J connectivity index is 2.46. The third-order valence-electron chi connectivity index (χ3n) is 3.36. The normalized spacial score (nSPS) is 24.1. The number of piperidine rings is 1. The average Bonchev–Trinajstić information content (AvgIpc) is 2.35. The van der Waals surface area contributed by atoms with Gasteiger partial charge in [0.25, 0.3) is 5.69 Å². The number of nitrogens with zero attached hydrogens (tertiary/aromatic N) is 2. The maximum Gasteiger partial charge on any atom is 0.274 e. The lowest BCUT2D eigenvalue weighted by Crippen LogP contribution is -2.47. The molecule has 6 nitrogen and oxygen atoms in total. The van der Waals surface area contributed by atoms with Gasteiger partial charge in [0.15, 0.2) is 0 Å². The molecule has 0 saturated carbocycles. The van der Waals surface area contributed by atoms with E-state index in [0.717, 1.165) is 0 Å². The minimum Gasteiger partial charge on any atom is -0.337 e. The third kappa shape index (κ3) is 2.06. The van der Waals surface area contributed by atoms with Crippen LogP contribution in [0.25, 0.3) is 0 Å². The highest BCUT2D eigenvalue weighted by Gasteiger charge is 2.35. The predicted octanol–water partition coefficient (Wildman–Crippen LogP) is 1.22. The molecule has 1 fully saturated rings. The van der Waals surface area contributed by atoms with Gasteiger partial charge in [-0.05, 0) is 6.42 Å². The van der Waals surface area contributed by atoms with Crippen LogP contribution in [-0.4, -0.2) is 28.8 Å². The molecule has 2 unspecified atom stereocenters. The van der Waals surface area contributed by atoms with Crippen LogP contribution in [0.15, 0.2) is 24.3 Å². The van der Waals surface area contributed by atoms with Crippen molar-refractivity contribution >= 4 is 11.6 Å². The molecule has 1 aliphatic heterocycles. The van der Waals surface area contributed by atoms with Crippen LogP contribution < -0.4 is 5.73 Å². The molecule has 0 aromatic heterocycles. The van der Waals surface area contributed by atoms with Crippen LogP contribution in [0.4, 0.5) is 5.69 Å². The number of nitro groups is 1. The molecule has 1 saturated heterocycles. The van der Waals surface area contributed by atoms with Gasteiger partial charge < -0.3 is 10.6 Å². The largest absolute Gasteiger partial charge is 0.337 e. The van der Waals surface area contributed by atoms with Crippen molar-refractivity contribution in [2.24, 2.45) is 5.73 Å². The molecule has 0 radical (unpaired) electrons. The first kappa shape index (κ1) is 12.5. The van der Waals surface area contributed by atoms with E-state index in [9.17, 15) is 14.9 Å². The van der Waals surface area contributed by atoms with E-state index in [0.29, 0.717) is 18.4 Å². The molecule has 2 atom stereocenters. The second-order valence-electron chi connectivity index (χ2n) is 4.47. The fraction of sp³-hybridized carbons (Fsp3) is 0.417. The monoisotopic (exact) mass is 249 g/mol. The molecule has 18 heavy (non-hydrogen) atoms. The number of rotatable bonds is 2. The van der Waals surface area contributed by atoms with Crippen molar-refractivity contribution in [3.8, 4) is 0 Å². The Morgan fingerprint density at radius 2 is 2.11 bits per heavy atom. The molecular formula is C12H15N3O3. The van der Waals surface area contributed by atoms with E-state index in [-0.39, 0.29) is 17.6 Å². The van der Waals surface area contributed by atoms with Crippen LogP contribution in [0.5, 0.6) is 0 Å². The number of carbonyl (C=O) groups excluding carboxylic acids is 1. The number of benzene rings is 1. The van der Waals surface area contributed by atoms with E-state index in [2.05, 4.69) is 0 Å². The number of nitro benzene ring substituents is 1. The summed E-state index contributed by atoms with van der Waals surface area (Å²) >= 11 is 0. The highest BCUT2D eigenvalue weighted by Crippen LogP contribution is 2.34. The van der Waals surface area contributed by atoms with Crippen LogP contribution >= 0.6 is 0 Å². The van der Waals surface area contributed by atoms with Gasteiger partial charge in [-0.25, -0.2) is 0 Å². The molecule has 1 heterocycles. The second-order valence-corrected chi connectivity index (χ2v) is 4.47. The summed E-state index contributed by atoms with van der Waals surface area (Å²) < 4.78 is 0. The number of likely N-dealkylation sites (tertiary alicyclic amines) is 1. The highest BCUT2D eigenvalue weighted by molar-refractivity contribution is 5.77. The topological polar surface area (TPSA) is 89.5 Å². The maximum absolute atomic E-state index is 11.7. The Morgan fingerprint density at radius 1 is 1.44 bits per heavy atom. The molecule has 1 aliphatic rings. The Morgan fingerprint density at radius 3 is 2.78 bits per heavy atom. The number of hydrogen-bond donors (Lipinski definition) is 1. The zero-order valence-electron chi connectivity index (χ0n) is 10.1. The van der Waals surface area contributed by atoms with E-state index < -0.39 is 11.0 Å². The molecule has 96 valence electrons. The summed E-state index contributed by atoms with van der Waals surface area (Å²) in [6.45, 7) is 0. The van der Waals surface area contributed by atoms with Crippen molar-refractivity contribution in [3.05, 3.63) is 39.9 Å². The van der Waals surface area contributed by atoms with Gasteiger partial charge in [0, 0.05) is 25.6 Å². The van der Waals surface area contributed by atoms with E-state index in [1.807, 2.05) is 0 Å². The molecule has 2 N–H and O–H groups in total. The van der Waals surface area contributed by atoms with Gasteiger partial charge in [-0.3, -0.25) is 14.9 Å². The zero-order valence-corrected chi connectivity index (χ0v) is 10.1. The molecule has 1 aromatic rings. The van der Waals surface area contributed by atoms with Gasteiger partial charge in [0.2, 0.25) is 5.91 Å². The summed E-state index contributed by atoms with van der Waals surface area (Å²) in [5, 5.41) is 11.0. The van der Waals surface area contributed by atoms with E-state index in [1.165, 1.54) is 11.0 Å². The first-order valence-corrected chi connectivity index (χ1v) is 5.77. The van der Waals surface area contributed by atoms with Gasteiger partial charge in [0.05, 0.1) is 16.5 Å². The average molecular weight is 249 g/mol. The molecule has 0 spiro atoms. The lowest BCUT2D eigenvalue weighted by atomic mass is 9.90. The highest BCUT2D eigenvalue weighted by atomic mass is 16.6. The van der Waals surface area contributed by atoms with E-state index in [4.69, 9.17) is 5.73 Å². The van der Waals surface area contributed by atoms with Crippen molar-refractivity contribution < 1.29 is 9.72 Å². The van der Waals surface area contributed by atoms with Gasteiger partial charge in [-0.15, -0.1) is 0 Å².